The third kappa shape index (κ3) is 8.27. The fourth-order valence-corrected chi connectivity index (χ4v) is 5.59. The first-order chi connectivity index (χ1) is 19.6. The summed E-state index contributed by atoms with van der Waals surface area (Å²) in [5.74, 6) is 1.23. The SMILES string of the molecule is COC(C)CC1CCC(OC(=O)[C@H](CC(C)C)NCc2ccc(NCc3cnc4nc(N)nc(N)c4c3C)cc2)C1. The van der Waals surface area contributed by atoms with Gasteiger partial charge in [0.05, 0.1) is 11.5 Å². The maximum Gasteiger partial charge on any atom is 0.323 e. The van der Waals surface area contributed by atoms with Gasteiger partial charge in [0.2, 0.25) is 5.95 Å². The third-order valence-corrected chi connectivity index (χ3v) is 7.96. The minimum Gasteiger partial charge on any atom is -0.461 e. The van der Waals surface area contributed by atoms with Gasteiger partial charge in [0.25, 0.3) is 0 Å². The Labute approximate surface area is 243 Å². The minimum atomic E-state index is -0.333. The van der Waals surface area contributed by atoms with Crippen molar-refractivity contribution < 1.29 is 14.3 Å². The quantitative estimate of drug-likeness (QED) is 0.214. The van der Waals surface area contributed by atoms with Crippen LogP contribution in [0.4, 0.5) is 17.5 Å². The van der Waals surface area contributed by atoms with Gasteiger partial charge in [0.1, 0.15) is 18.0 Å². The van der Waals surface area contributed by atoms with Gasteiger partial charge in [-0.2, -0.15) is 9.97 Å². The average Bonchev–Trinajstić information content (AvgIpc) is 3.36. The van der Waals surface area contributed by atoms with Gasteiger partial charge in [0, 0.05) is 32.1 Å². The summed E-state index contributed by atoms with van der Waals surface area (Å²) < 4.78 is 11.4. The highest BCUT2D eigenvalue weighted by Gasteiger charge is 2.31. The first kappa shape index (κ1) is 30.5. The van der Waals surface area contributed by atoms with Crippen LogP contribution in [0, 0.1) is 18.8 Å². The number of aromatic nitrogens is 3. The van der Waals surface area contributed by atoms with Crippen molar-refractivity contribution in [2.75, 3.05) is 23.9 Å². The van der Waals surface area contributed by atoms with Crippen LogP contribution >= 0.6 is 0 Å². The molecule has 1 aliphatic rings. The van der Waals surface area contributed by atoms with Crippen LogP contribution in [-0.4, -0.2) is 46.3 Å². The van der Waals surface area contributed by atoms with Crippen LogP contribution < -0.4 is 22.1 Å². The average molecular weight is 564 g/mol. The van der Waals surface area contributed by atoms with Crippen molar-refractivity contribution in [3.05, 3.63) is 47.2 Å². The number of nitrogen functional groups attached to an aromatic ring is 2. The Morgan fingerprint density at radius 1 is 1.10 bits per heavy atom. The van der Waals surface area contributed by atoms with E-state index in [9.17, 15) is 4.79 Å². The number of methoxy groups -OCH3 is 1. The molecule has 0 radical (unpaired) electrons. The summed E-state index contributed by atoms with van der Waals surface area (Å²) in [5, 5.41) is 7.62. The number of rotatable bonds is 13. The van der Waals surface area contributed by atoms with Crippen molar-refractivity contribution in [2.45, 2.75) is 91.1 Å². The summed E-state index contributed by atoms with van der Waals surface area (Å²) in [5.41, 5.74) is 16.3. The summed E-state index contributed by atoms with van der Waals surface area (Å²) in [6.45, 7) is 9.49. The molecule has 6 N–H and O–H groups in total. The fraction of sp³-hybridized carbons (Fsp3) is 0.548. The molecule has 1 aromatic carbocycles. The maximum atomic E-state index is 13.1. The van der Waals surface area contributed by atoms with Crippen LogP contribution in [0.15, 0.2) is 30.5 Å². The third-order valence-electron chi connectivity index (χ3n) is 7.96. The van der Waals surface area contributed by atoms with E-state index in [1.165, 1.54) is 0 Å². The molecule has 1 aliphatic carbocycles. The van der Waals surface area contributed by atoms with Gasteiger partial charge in [0.15, 0.2) is 5.65 Å². The van der Waals surface area contributed by atoms with Crippen molar-refractivity contribution in [1.29, 1.82) is 0 Å². The zero-order valence-electron chi connectivity index (χ0n) is 24.9. The van der Waals surface area contributed by atoms with Crippen LogP contribution in [0.25, 0.3) is 11.0 Å². The number of hydrogen-bond donors (Lipinski definition) is 4. The molecule has 0 saturated heterocycles. The lowest BCUT2D eigenvalue weighted by Gasteiger charge is -2.22. The molecule has 4 rings (SSSR count). The molecule has 10 nitrogen and oxygen atoms in total. The summed E-state index contributed by atoms with van der Waals surface area (Å²) in [4.78, 5) is 25.8. The molecule has 0 amide bonds. The molecule has 1 fully saturated rings. The second-order valence-electron chi connectivity index (χ2n) is 11.7. The normalized spacial score (nSPS) is 18.5. The molecule has 222 valence electrons. The number of anilines is 3. The number of fused-ring (bicyclic) bond motifs is 1. The smallest absolute Gasteiger partial charge is 0.323 e. The predicted octanol–water partition coefficient (Wildman–Crippen LogP) is 4.75. The Hall–Kier alpha value is -3.50. The second-order valence-corrected chi connectivity index (χ2v) is 11.7. The second kappa shape index (κ2) is 13.9. The minimum absolute atomic E-state index is 0.00177. The van der Waals surface area contributed by atoms with E-state index in [2.05, 4.69) is 58.5 Å². The van der Waals surface area contributed by atoms with E-state index in [0.29, 0.717) is 36.4 Å². The number of nitrogens with zero attached hydrogens (tertiary/aromatic N) is 3. The zero-order valence-corrected chi connectivity index (χ0v) is 24.9. The monoisotopic (exact) mass is 563 g/mol. The van der Waals surface area contributed by atoms with Crippen molar-refractivity contribution in [3.8, 4) is 0 Å². The Morgan fingerprint density at radius 2 is 1.85 bits per heavy atom. The summed E-state index contributed by atoms with van der Waals surface area (Å²) >= 11 is 0. The zero-order chi connectivity index (χ0) is 29.5. The van der Waals surface area contributed by atoms with Gasteiger partial charge in [-0.1, -0.05) is 26.0 Å². The summed E-state index contributed by atoms with van der Waals surface area (Å²) in [6.07, 6.45) is 6.71. The first-order valence-electron chi connectivity index (χ1n) is 14.6. The van der Waals surface area contributed by atoms with Crippen molar-refractivity contribution in [3.63, 3.8) is 0 Å². The van der Waals surface area contributed by atoms with E-state index in [-0.39, 0.29) is 30.2 Å². The van der Waals surface area contributed by atoms with Gasteiger partial charge in [-0.15, -0.1) is 0 Å². The molecule has 41 heavy (non-hydrogen) atoms. The molecule has 0 aliphatic heterocycles. The largest absolute Gasteiger partial charge is 0.461 e. The molecule has 0 spiro atoms. The molecular formula is C31H45N7O3. The molecule has 2 aromatic heterocycles. The topological polar surface area (TPSA) is 150 Å². The number of carbonyl (C=O) groups excluding carboxylic acids is 1. The Balaban J connectivity index is 1.30. The number of ether oxygens (including phenoxy) is 2. The number of pyridine rings is 1. The lowest BCUT2D eigenvalue weighted by atomic mass is 10.0. The van der Waals surface area contributed by atoms with E-state index in [0.717, 1.165) is 59.9 Å². The van der Waals surface area contributed by atoms with Gasteiger partial charge in [-0.25, -0.2) is 4.98 Å². The Bertz CT molecular complexity index is 1320. The van der Waals surface area contributed by atoms with Crippen LogP contribution in [0.2, 0.25) is 0 Å². The summed E-state index contributed by atoms with van der Waals surface area (Å²) in [7, 11) is 1.75. The van der Waals surface area contributed by atoms with Gasteiger partial charge < -0.3 is 31.6 Å². The molecule has 3 unspecified atom stereocenters. The van der Waals surface area contributed by atoms with E-state index in [1.807, 2.05) is 19.1 Å². The number of nitrogens with one attached hydrogen (secondary N) is 2. The van der Waals surface area contributed by atoms with E-state index in [1.54, 1.807) is 13.3 Å². The number of esters is 1. The van der Waals surface area contributed by atoms with Crippen molar-refractivity contribution in [1.82, 2.24) is 20.3 Å². The summed E-state index contributed by atoms with van der Waals surface area (Å²) in [6, 6.07) is 7.86. The van der Waals surface area contributed by atoms with Gasteiger partial charge in [-0.3, -0.25) is 4.79 Å². The number of nitrogens with two attached hydrogens (primary N) is 2. The molecule has 4 atom stereocenters. The molecule has 1 saturated carbocycles. The maximum absolute atomic E-state index is 13.1. The Kier molecular flexibility index (Phi) is 10.3. The first-order valence-corrected chi connectivity index (χ1v) is 14.6. The van der Waals surface area contributed by atoms with Gasteiger partial charge >= 0.3 is 5.97 Å². The molecular weight excluding hydrogens is 518 g/mol. The lowest BCUT2D eigenvalue weighted by molar-refractivity contribution is -0.152. The van der Waals surface area contributed by atoms with E-state index in [4.69, 9.17) is 20.9 Å². The molecule has 10 heteroatoms. The number of carbonyl (C=O) groups is 1. The van der Waals surface area contributed by atoms with Crippen LogP contribution in [0.1, 0.15) is 69.6 Å². The van der Waals surface area contributed by atoms with Crippen molar-refractivity contribution in [2.24, 2.45) is 11.8 Å². The highest BCUT2D eigenvalue weighted by atomic mass is 16.5. The van der Waals surface area contributed by atoms with Crippen LogP contribution in [0.3, 0.4) is 0 Å². The predicted molar refractivity (Wildman–Crippen MR) is 163 cm³/mol. The Morgan fingerprint density at radius 3 is 2.56 bits per heavy atom. The van der Waals surface area contributed by atoms with Crippen LogP contribution in [-0.2, 0) is 27.4 Å². The highest BCUT2D eigenvalue weighted by molar-refractivity contribution is 5.90. The van der Waals surface area contributed by atoms with Gasteiger partial charge in [-0.05, 0) is 86.6 Å². The number of aryl methyl sites for hydroxylation is 1. The van der Waals surface area contributed by atoms with E-state index < -0.39 is 0 Å². The van der Waals surface area contributed by atoms with Crippen LogP contribution in [0.5, 0.6) is 0 Å². The molecule has 0 bridgehead atoms. The standard InChI is InChI=1S/C31H45N7O3/c1-18(2)12-26(30(39)41-25-11-8-22(14-25)13-19(3)40-5)35-15-21-6-9-24(10-7-21)34-16-23-17-36-29-27(20(23)4)28(32)37-31(33)38-29/h6-7,9-10,17-19,22,25-26,34-35H,8,11-16H2,1-5H3,(H4,32,33,36,37,38)/t19?,22?,25?,26-/m0/s1. The van der Waals surface area contributed by atoms with E-state index >= 15 is 0 Å². The molecule has 2 heterocycles. The fourth-order valence-electron chi connectivity index (χ4n) is 5.59. The van der Waals surface area contributed by atoms with Crippen molar-refractivity contribution >= 4 is 34.5 Å². The molecule has 3 aromatic rings. The lowest BCUT2D eigenvalue weighted by Crippen LogP contribution is -2.40. The highest BCUT2D eigenvalue weighted by Crippen LogP contribution is 2.32. The number of hydrogen-bond acceptors (Lipinski definition) is 10. The number of benzene rings is 1.